The van der Waals surface area contributed by atoms with Gasteiger partial charge in [0.05, 0.1) is 16.6 Å². The number of nitrogens with one attached hydrogen (secondary N) is 1. The van der Waals surface area contributed by atoms with Crippen molar-refractivity contribution >= 4 is 63.8 Å². The number of carbonyl (C=O) groups is 3. The first-order valence-electron chi connectivity index (χ1n) is 12.4. The second-order valence-corrected chi connectivity index (χ2v) is 12.2. The van der Waals surface area contributed by atoms with E-state index in [-0.39, 0.29) is 17.3 Å². The molecule has 4 aromatic rings. The first kappa shape index (κ1) is 26.5. The third-order valence-corrected chi connectivity index (χ3v) is 9.86. The summed E-state index contributed by atoms with van der Waals surface area (Å²) >= 11 is 7.99. The van der Waals surface area contributed by atoms with Crippen LogP contribution in [0.1, 0.15) is 21.9 Å². The van der Waals surface area contributed by atoms with Gasteiger partial charge in [-0.2, -0.15) is 0 Å². The molecule has 2 aliphatic rings. The third-order valence-electron chi connectivity index (χ3n) is 7.00. The van der Waals surface area contributed by atoms with E-state index in [1.165, 1.54) is 21.6 Å². The molecule has 40 heavy (non-hydrogen) atoms. The third kappa shape index (κ3) is 4.66. The molecule has 1 aromatic heterocycles. The van der Waals surface area contributed by atoms with Crippen LogP contribution in [0, 0.1) is 18.7 Å². The van der Waals surface area contributed by atoms with Gasteiger partial charge < -0.3 is 5.32 Å². The van der Waals surface area contributed by atoms with Crippen molar-refractivity contribution < 1.29 is 18.8 Å². The first-order valence-corrected chi connectivity index (χ1v) is 14.4. The molecule has 11 heteroatoms. The molecule has 0 unspecified atom stereocenters. The van der Waals surface area contributed by atoms with Crippen LogP contribution in [0.3, 0.4) is 0 Å². The summed E-state index contributed by atoms with van der Waals surface area (Å²) in [6.45, 7) is 1.63. The number of hydrogen-bond acceptors (Lipinski definition) is 6. The van der Waals surface area contributed by atoms with E-state index in [1.54, 1.807) is 48.5 Å². The maximum absolute atomic E-state index is 13.9. The fourth-order valence-corrected chi connectivity index (χ4v) is 8.01. The van der Waals surface area contributed by atoms with E-state index in [1.807, 2.05) is 19.1 Å². The van der Waals surface area contributed by atoms with E-state index >= 15 is 0 Å². The van der Waals surface area contributed by atoms with Gasteiger partial charge in [-0.1, -0.05) is 64.5 Å². The number of anilines is 2. The molecule has 2 aliphatic heterocycles. The standard InChI is InChI=1S/C29H21ClFN3O4S2/c1-15-2-12-20(13-3-15)34-26(36)23-22(16-4-8-18(31)9-5-16)25-28(39-24(23)27(34)37)33(29(38)40-25)14-21(35)32-19-10-6-17(30)7-11-19/h2-13,22-24H,14H2,1H3,(H,32,35)/t22-,23+,24-/m0/s1. The number of imide groups is 1. The first-order chi connectivity index (χ1) is 19.2. The highest BCUT2D eigenvalue weighted by Crippen LogP contribution is 2.53. The van der Waals surface area contributed by atoms with Crippen LogP contribution < -0.4 is 15.1 Å². The van der Waals surface area contributed by atoms with Crippen molar-refractivity contribution in [2.75, 3.05) is 10.2 Å². The number of benzene rings is 3. The lowest BCUT2D eigenvalue weighted by molar-refractivity contribution is -0.122. The number of amides is 3. The van der Waals surface area contributed by atoms with Crippen LogP contribution in [-0.4, -0.2) is 27.5 Å². The molecule has 3 aromatic carbocycles. The largest absolute Gasteiger partial charge is 0.325 e. The van der Waals surface area contributed by atoms with Gasteiger partial charge in [-0.3, -0.25) is 23.7 Å². The van der Waals surface area contributed by atoms with Gasteiger partial charge in [-0.15, -0.1) is 0 Å². The fraction of sp³-hybridized carbons (Fsp3) is 0.172. The predicted molar refractivity (Wildman–Crippen MR) is 154 cm³/mol. The lowest BCUT2D eigenvalue weighted by Crippen LogP contribution is -2.33. The molecule has 0 bridgehead atoms. The topological polar surface area (TPSA) is 88.5 Å². The Bertz CT molecular complexity index is 1700. The summed E-state index contributed by atoms with van der Waals surface area (Å²) in [5.74, 6) is -3.10. The zero-order valence-electron chi connectivity index (χ0n) is 21.0. The Morgan fingerprint density at radius 2 is 1.62 bits per heavy atom. The number of thioether (sulfide) groups is 1. The Hall–Kier alpha value is -3.73. The van der Waals surface area contributed by atoms with Crippen LogP contribution in [0.25, 0.3) is 0 Å². The zero-order chi connectivity index (χ0) is 28.1. The number of thiazole rings is 1. The van der Waals surface area contributed by atoms with Crippen LogP contribution in [0.5, 0.6) is 0 Å². The Kier molecular flexibility index (Phi) is 6.85. The van der Waals surface area contributed by atoms with Crippen LogP contribution >= 0.6 is 34.7 Å². The minimum absolute atomic E-state index is 0.280. The van der Waals surface area contributed by atoms with E-state index in [2.05, 4.69) is 5.32 Å². The van der Waals surface area contributed by atoms with Crippen LogP contribution in [0.4, 0.5) is 15.8 Å². The van der Waals surface area contributed by atoms with Crippen molar-refractivity contribution in [3.63, 3.8) is 0 Å². The Labute approximate surface area is 241 Å². The summed E-state index contributed by atoms with van der Waals surface area (Å²) in [6.07, 6.45) is 0. The maximum Gasteiger partial charge on any atom is 0.308 e. The molecule has 0 radical (unpaired) electrons. The molecule has 0 aliphatic carbocycles. The summed E-state index contributed by atoms with van der Waals surface area (Å²) in [5.41, 5.74) is 2.59. The molecule has 1 fully saturated rings. The Morgan fingerprint density at radius 1 is 0.950 bits per heavy atom. The van der Waals surface area contributed by atoms with Crippen molar-refractivity contribution in [2.45, 2.75) is 29.7 Å². The number of rotatable bonds is 5. The fourth-order valence-electron chi connectivity index (χ4n) is 5.11. The van der Waals surface area contributed by atoms with Gasteiger partial charge in [0, 0.05) is 21.5 Å². The summed E-state index contributed by atoms with van der Waals surface area (Å²) in [4.78, 5) is 55.1. The summed E-state index contributed by atoms with van der Waals surface area (Å²) in [6, 6.07) is 19.4. The minimum Gasteiger partial charge on any atom is -0.325 e. The highest BCUT2D eigenvalue weighted by Gasteiger charge is 2.56. The quantitative estimate of drug-likeness (QED) is 0.311. The van der Waals surface area contributed by atoms with Gasteiger partial charge in [0.2, 0.25) is 17.7 Å². The molecule has 6 rings (SSSR count). The van der Waals surface area contributed by atoms with Gasteiger partial charge in [0.1, 0.15) is 17.6 Å². The SMILES string of the molecule is Cc1ccc(N2C(=O)[C@@H]3[C@H](c4ccc(F)cc4)c4sc(=O)n(CC(=O)Nc5ccc(Cl)cc5)c4S[C@@H]3C2=O)cc1. The van der Waals surface area contributed by atoms with Crippen molar-refractivity contribution in [3.05, 3.63) is 109 Å². The zero-order valence-corrected chi connectivity index (χ0v) is 23.4. The average Bonchev–Trinajstić information content (AvgIpc) is 3.37. The lowest BCUT2D eigenvalue weighted by atomic mass is 9.83. The molecule has 3 amide bonds. The molecule has 0 saturated carbocycles. The summed E-state index contributed by atoms with van der Waals surface area (Å²) in [7, 11) is 0. The van der Waals surface area contributed by atoms with Gasteiger partial charge in [0.15, 0.2) is 0 Å². The number of aryl methyl sites for hydroxylation is 1. The molecule has 7 nitrogen and oxygen atoms in total. The Morgan fingerprint density at radius 3 is 2.30 bits per heavy atom. The molecular weight excluding hydrogens is 573 g/mol. The monoisotopic (exact) mass is 593 g/mol. The maximum atomic E-state index is 13.9. The number of carbonyl (C=O) groups excluding carboxylic acids is 3. The normalized spacial score (nSPS) is 19.9. The summed E-state index contributed by atoms with van der Waals surface area (Å²) in [5, 5.41) is 2.91. The van der Waals surface area contributed by atoms with Crippen LogP contribution in [-0.2, 0) is 20.9 Å². The highest BCUT2D eigenvalue weighted by molar-refractivity contribution is 8.00. The Balaban J connectivity index is 1.40. The van der Waals surface area contributed by atoms with Crippen molar-refractivity contribution in [1.82, 2.24) is 4.57 Å². The number of halogens is 2. The number of nitrogens with zero attached hydrogens (tertiary/aromatic N) is 2. The molecule has 1 N–H and O–H groups in total. The molecule has 202 valence electrons. The van der Waals surface area contributed by atoms with Gasteiger partial charge in [-0.25, -0.2) is 9.29 Å². The van der Waals surface area contributed by atoms with E-state index < -0.39 is 34.7 Å². The van der Waals surface area contributed by atoms with E-state index in [0.717, 1.165) is 28.7 Å². The highest BCUT2D eigenvalue weighted by atomic mass is 35.5. The van der Waals surface area contributed by atoms with E-state index in [9.17, 15) is 23.6 Å². The predicted octanol–water partition coefficient (Wildman–Crippen LogP) is 5.45. The molecule has 3 atom stereocenters. The second kappa shape index (κ2) is 10.3. The molecule has 3 heterocycles. The van der Waals surface area contributed by atoms with Crippen molar-refractivity contribution in [1.29, 1.82) is 0 Å². The van der Waals surface area contributed by atoms with Gasteiger partial charge in [-0.05, 0) is 61.0 Å². The number of aromatic nitrogens is 1. The number of fused-ring (bicyclic) bond motifs is 2. The molecule has 1 saturated heterocycles. The minimum atomic E-state index is -0.823. The number of hydrogen-bond donors (Lipinski definition) is 1. The van der Waals surface area contributed by atoms with Crippen LogP contribution in [0.15, 0.2) is 82.6 Å². The smallest absolute Gasteiger partial charge is 0.308 e. The van der Waals surface area contributed by atoms with Crippen molar-refractivity contribution in [2.24, 2.45) is 5.92 Å². The van der Waals surface area contributed by atoms with Crippen LogP contribution in [0.2, 0.25) is 5.02 Å². The molecular formula is C29H21ClFN3O4S2. The van der Waals surface area contributed by atoms with Gasteiger partial charge in [0.25, 0.3) is 0 Å². The summed E-state index contributed by atoms with van der Waals surface area (Å²) < 4.78 is 15.2. The average molecular weight is 594 g/mol. The lowest BCUT2D eigenvalue weighted by Gasteiger charge is -2.30. The van der Waals surface area contributed by atoms with Crippen molar-refractivity contribution in [3.8, 4) is 0 Å². The van der Waals surface area contributed by atoms with E-state index in [4.69, 9.17) is 11.6 Å². The molecule has 0 spiro atoms. The van der Waals surface area contributed by atoms with Gasteiger partial charge >= 0.3 is 4.87 Å². The second-order valence-electron chi connectivity index (χ2n) is 9.62. The van der Waals surface area contributed by atoms with E-state index in [0.29, 0.717) is 31.9 Å².